The van der Waals surface area contributed by atoms with E-state index in [2.05, 4.69) is 14.9 Å². The second-order valence-corrected chi connectivity index (χ2v) is 6.42. The van der Waals surface area contributed by atoms with Crippen LogP contribution in [0.25, 0.3) is 0 Å². The molecule has 0 aliphatic heterocycles. The van der Waals surface area contributed by atoms with Gasteiger partial charge in [0.15, 0.2) is 0 Å². The van der Waals surface area contributed by atoms with E-state index in [0.29, 0.717) is 0 Å². The molecule has 10 heteroatoms. The van der Waals surface area contributed by atoms with Crippen molar-refractivity contribution in [3.05, 3.63) is 23.8 Å². The lowest BCUT2D eigenvalue weighted by atomic mass is 10.4. The smallest absolute Gasteiger partial charge is 0.352 e. The van der Waals surface area contributed by atoms with Crippen molar-refractivity contribution in [1.29, 1.82) is 0 Å². The number of nitrogens with one attached hydrogen (secondary N) is 1. The Labute approximate surface area is 119 Å². The summed E-state index contributed by atoms with van der Waals surface area (Å²) in [5.41, 5.74) is -0.0559. The fraction of sp³-hybridized carbons (Fsp3) is 0.364. The van der Waals surface area contributed by atoms with Crippen molar-refractivity contribution in [3.63, 3.8) is 0 Å². The third-order valence-corrected chi connectivity index (χ3v) is 4.33. The molecule has 1 saturated carbocycles. The number of aromatic nitrogens is 3. The third-order valence-electron chi connectivity index (χ3n) is 3.04. The molecule has 1 aliphatic carbocycles. The van der Waals surface area contributed by atoms with Gasteiger partial charge in [-0.15, -0.1) is 5.10 Å². The van der Waals surface area contributed by atoms with Gasteiger partial charge in [0, 0.05) is 19.2 Å². The van der Waals surface area contributed by atoms with E-state index in [1.165, 1.54) is 17.7 Å². The van der Waals surface area contributed by atoms with Gasteiger partial charge in [0.05, 0.1) is 0 Å². The topological polar surface area (TPSA) is 127 Å². The monoisotopic (exact) mass is 312 g/mol. The van der Waals surface area contributed by atoms with Crippen LogP contribution in [0, 0.1) is 6.92 Å². The number of hydrogen-bond donors (Lipinski definition) is 2. The van der Waals surface area contributed by atoms with Crippen molar-refractivity contribution >= 4 is 22.0 Å². The first-order chi connectivity index (χ1) is 9.87. The standard InChI is InChI=1S/C11H12N4O5S/c1-6-12-13-11(20-6)14-21(18,19)8-4-9(10(16)17)15(5-8)7-2-3-7/h4-5,7H,2-3H2,1H3,(H,13,14)(H,16,17). The zero-order valence-corrected chi connectivity index (χ0v) is 11.8. The van der Waals surface area contributed by atoms with Crippen LogP contribution in [0.5, 0.6) is 0 Å². The highest BCUT2D eigenvalue weighted by Gasteiger charge is 2.30. The lowest BCUT2D eigenvalue weighted by molar-refractivity contribution is 0.0685. The summed E-state index contributed by atoms with van der Waals surface area (Å²) in [6.07, 6.45) is 2.99. The van der Waals surface area contributed by atoms with E-state index in [-0.39, 0.29) is 28.5 Å². The van der Waals surface area contributed by atoms with Crippen molar-refractivity contribution in [1.82, 2.24) is 14.8 Å². The summed E-state index contributed by atoms with van der Waals surface area (Å²) in [5.74, 6) is -0.952. The maximum atomic E-state index is 12.2. The van der Waals surface area contributed by atoms with Crippen LogP contribution in [-0.4, -0.2) is 34.3 Å². The van der Waals surface area contributed by atoms with E-state index >= 15 is 0 Å². The summed E-state index contributed by atoms with van der Waals surface area (Å²) in [4.78, 5) is 11.0. The summed E-state index contributed by atoms with van der Waals surface area (Å²) in [6, 6.07) is 0.904. The maximum Gasteiger partial charge on any atom is 0.352 e. The zero-order valence-electron chi connectivity index (χ0n) is 11.0. The fourth-order valence-electron chi connectivity index (χ4n) is 1.94. The van der Waals surface area contributed by atoms with E-state index in [4.69, 9.17) is 9.52 Å². The molecule has 2 aromatic heterocycles. The zero-order chi connectivity index (χ0) is 15.2. The van der Waals surface area contributed by atoms with E-state index in [1.54, 1.807) is 0 Å². The number of aromatic carboxylic acids is 1. The molecular formula is C11H12N4O5S. The van der Waals surface area contributed by atoms with Crippen LogP contribution >= 0.6 is 0 Å². The molecular weight excluding hydrogens is 300 g/mol. The molecule has 0 unspecified atom stereocenters. The fourth-order valence-corrected chi connectivity index (χ4v) is 2.89. The van der Waals surface area contributed by atoms with Gasteiger partial charge in [0.2, 0.25) is 5.89 Å². The Balaban J connectivity index is 1.95. The van der Waals surface area contributed by atoms with Crippen molar-refractivity contribution in [3.8, 4) is 0 Å². The average molecular weight is 312 g/mol. The van der Waals surface area contributed by atoms with Gasteiger partial charge in [-0.05, 0) is 18.9 Å². The average Bonchev–Trinajstić information content (AvgIpc) is 2.99. The van der Waals surface area contributed by atoms with Crippen LogP contribution in [0.1, 0.15) is 35.3 Å². The number of carboxylic acids is 1. The predicted octanol–water partition coefficient (Wildman–Crippen LogP) is 1.01. The number of carbonyl (C=O) groups is 1. The number of carboxylic acid groups (broad SMARTS) is 1. The summed E-state index contributed by atoms with van der Waals surface area (Å²) in [5, 5.41) is 16.2. The SMILES string of the molecule is Cc1nnc(NS(=O)(=O)c2cc(C(=O)O)n(C3CC3)c2)o1. The molecule has 0 amide bonds. The Kier molecular flexibility index (Phi) is 2.97. The van der Waals surface area contributed by atoms with Gasteiger partial charge >= 0.3 is 12.0 Å². The summed E-state index contributed by atoms with van der Waals surface area (Å²) < 4.78 is 32.9. The molecule has 2 heterocycles. The molecule has 9 nitrogen and oxygen atoms in total. The highest BCUT2D eigenvalue weighted by atomic mass is 32.2. The quantitative estimate of drug-likeness (QED) is 0.843. The summed E-state index contributed by atoms with van der Waals surface area (Å²) in [7, 11) is -3.97. The second-order valence-electron chi connectivity index (χ2n) is 4.74. The van der Waals surface area contributed by atoms with Crippen molar-refractivity contribution < 1.29 is 22.7 Å². The molecule has 112 valence electrons. The minimum atomic E-state index is -3.97. The Morgan fingerprint density at radius 3 is 2.71 bits per heavy atom. The number of aryl methyl sites for hydroxylation is 1. The van der Waals surface area contributed by atoms with Gasteiger partial charge < -0.3 is 14.1 Å². The van der Waals surface area contributed by atoms with Crippen LogP contribution in [0.3, 0.4) is 0 Å². The van der Waals surface area contributed by atoms with Gasteiger partial charge in [-0.3, -0.25) is 0 Å². The molecule has 0 aromatic carbocycles. The Bertz CT molecular complexity index is 802. The highest BCUT2D eigenvalue weighted by molar-refractivity contribution is 7.92. The Morgan fingerprint density at radius 1 is 1.48 bits per heavy atom. The van der Waals surface area contributed by atoms with E-state index < -0.39 is 16.0 Å². The van der Waals surface area contributed by atoms with Gasteiger partial charge in [-0.25, -0.2) is 17.9 Å². The molecule has 0 saturated heterocycles. The van der Waals surface area contributed by atoms with Crippen molar-refractivity contribution in [2.45, 2.75) is 30.7 Å². The molecule has 0 atom stereocenters. The minimum absolute atomic E-state index is 0.0469. The van der Waals surface area contributed by atoms with Crippen LogP contribution < -0.4 is 4.72 Å². The van der Waals surface area contributed by atoms with Crippen LogP contribution in [0.2, 0.25) is 0 Å². The second kappa shape index (κ2) is 4.58. The molecule has 1 fully saturated rings. The first-order valence-electron chi connectivity index (χ1n) is 6.15. The largest absolute Gasteiger partial charge is 0.477 e. The molecule has 2 aromatic rings. The Morgan fingerprint density at radius 2 is 2.19 bits per heavy atom. The van der Waals surface area contributed by atoms with Crippen LogP contribution in [0.4, 0.5) is 6.01 Å². The highest BCUT2D eigenvalue weighted by Crippen LogP contribution is 2.37. The molecule has 21 heavy (non-hydrogen) atoms. The van der Waals surface area contributed by atoms with Gasteiger partial charge in [0.25, 0.3) is 10.0 Å². The van der Waals surface area contributed by atoms with Crippen LogP contribution in [-0.2, 0) is 10.0 Å². The Hall–Kier alpha value is -2.36. The van der Waals surface area contributed by atoms with E-state index in [9.17, 15) is 13.2 Å². The lowest BCUT2D eigenvalue weighted by Gasteiger charge is -2.02. The molecule has 0 spiro atoms. The van der Waals surface area contributed by atoms with Gasteiger partial charge in [-0.2, -0.15) is 0 Å². The third kappa shape index (κ3) is 2.61. The van der Waals surface area contributed by atoms with Crippen molar-refractivity contribution in [2.24, 2.45) is 0 Å². The lowest BCUT2D eigenvalue weighted by Crippen LogP contribution is -2.12. The maximum absolute atomic E-state index is 12.2. The first kappa shape index (κ1) is 13.6. The number of nitrogens with zero attached hydrogens (tertiary/aromatic N) is 3. The number of anilines is 1. The molecule has 0 bridgehead atoms. The number of hydrogen-bond acceptors (Lipinski definition) is 6. The van der Waals surface area contributed by atoms with Crippen LogP contribution in [0.15, 0.2) is 21.6 Å². The molecule has 3 rings (SSSR count). The summed E-state index contributed by atoms with van der Waals surface area (Å²) in [6.45, 7) is 1.52. The first-order valence-corrected chi connectivity index (χ1v) is 7.63. The predicted molar refractivity (Wildman–Crippen MR) is 69.5 cm³/mol. The normalized spacial score (nSPS) is 15.1. The summed E-state index contributed by atoms with van der Waals surface area (Å²) >= 11 is 0. The molecule has 1 aliphatic rings. The number of rotatable bonds is 5. The van der Waals surface area contributed by atoms with E-state index in [1.807, 2.05) is 0 Å². The van der Waals surface area contributed by atoms with Gasteiger partial charge in [0.1, 0.15) is 10.6 Å². The van der Waals surface area contributed by atoms with Gasteiger partial charge in [-0.1, -0.05) is 5.10 Å². The van der Waals surface area contributed by atoms with E-state index in [0.717, 1.165) is 18.9 Å². The number of sulfonamides is 1. The molecule has 0 radical (unpaired) electrons. The minimum Gasteiger partial charge on any atom is -0.477 e. The van der Waals surface area contributed by atoms with Crippen molar-refractivity contribution in [2.75, 3.05) is 4.72 Å². The molecule has 2 N–H and O–H groups in total.